The third-order valence-electron chi connectivity index (χ3n) is 4.47. The Morgan fingerprint density at radius 3 is 2.86 bits per heavy atom. The zero-order valence-electron chi connectivity index (χ0n) is 16.5. The number of fused-ring (bicyclic) bond motifs is 1. The predicted molar refractivity (Wildman–Crippen MR) is 122 cm³/mol. The van der Waals surface area contributed by atoms with Crippen molar-refractivity contribution in [3.05, 3.63) is 69.8 Å². The highest BCUT2D eigenvalue weighted by Gasteiger charge is 2.14. The Morgan fingerprint density at radius 2 is 2.14 bits per heavy atom. The number of hydrogen-bond donors (Lipinski definition) is 1. The lowest BCUT2D eigenvalue weighted by molar-refractivity contribution is -0.118. The number of carbonyl (C=O) groups is 1. The van der Waals surface area contributed by atoms with Gasteiger partial charge in [-0.05, 0) is 30.9 Å². The predicted octanol–water partition coefficient (Wildman–Crippen LogP) is 4.05. The molecule has 1 amide bonds. The fourth-order valence-electron chi connectivity index (χ4n) is 2.97. The van der Waals surface area contributed by atoms with Crippen LogP contribution >= 0.6 is 23.1 Å². The molecule has 2 aromatic heterocycles. The second-order valence-corrected chi connectivity index (χ2v) is 8.67. The van der Waals surface area contributed by atoms with Gasteiger partial charge in [-0.25, -0.2) is 4.98 Å². The fraction of sp³-hybridized carbons (Fsp3) is 0.318. The van der Waals surface area contributed by atoms with Crippen LogP contribution < -0.4 is 10.9 Å². The van der Waals surface area contributed by atoms with E-state index in [9.17, 15) is 9.59 Å². The number of benzene rings is 1. The molecule has 1 N–H and O–H groups in total. The molecule has 0 bridgehead atoms. The zero-order chi connectivity index (χ0) is 20.6. The Balaban J connectivity index is 1.60. The molecule has 0 unspecified atom stereocenters. The molecule has 0 saturated carbocycles. The molecule has 29 heavy (non-hydrogen) atoms. The molecule has 152 valence electrons. The highest BCUT2D eigenvalue weighted by Crippen LogP contribution is 2.25. The SMILES string of the molecule is C=CCn1c(SCC(=O)NCCCc2ccccc2)nc2sc(CC)cc2c1=O. The Hall–Kier alpha value is -2.38. The maximum atomic E-state index is 12.8. The number of thioether (sulfide) groups is 1. The molecule has 3 aromatic rings. The van der Waals surface area contributed by atoms with E-state index >= 15 is 0 Å². The number of allylic oxidation sites excluding steroid dienone is 1. The number of amides is 1. The van der Waals surface area contributed by atoms with Gasteiger partial charge in [0, 0.05) is 18.0 Å². The summed E-state index contributed by atoms with van der Waals surface area (Å²) in [5.41, 5.74) is 1.20. The second kappa shape index (κ2) is 10.4. The van der Waals surface area contributed by atoms with Gasteiger partial charge in [-0.2, -0.15) is 0 Å². The van der Waals surface area contributed by atoms with Crippen molar-refractivity contribution in [1.82, 2.24) is 14.9 Å². The summed E-state index contributed by atoms with van der Waals surface area (Å²) in [6.07, 6.45) is 4.37. The molecule has 7 heteroatoms. The van der Waals surface area contributed by atoms with Gasteiger partial charge >= 0.3 is 0 Å². The van der Waals surface area contributed by atoms with E-state index in [2.05, 4.69) is 35.9 Å². The van der Waals surface area contributed by atoms with Gasteiger partial charge in [0.05, 0.1) is 11.1 Å². The van der Waals surface area contributed by atoms with Crippen LogP contribution in [0.4, 0.5) is 0 Å². The van der Waals surface area contributed by atoms with E-state index in [1.165, 1.54) is 28.7 Å². The molecule has 0 radical (unpaired) electrons. The largest absolute Gasteiger partial charge is 0.355 e. The van der Waals surface area contributed by atoms with Gasteiger partial charge in [-0.3, -0.25) is 14.2 Å². The third kappa shape index (κ3) is 5.58. The number of rotatable bonds is 10. The van der Waals surface area contributed by atoms with Crippen molar-refractivity contribution in [1.29, 1.82) is 0 Å². The molecule has 0 aliphatic carbocycles. The van der Waals surface area contributed by atoms with E-state index in [-0.39, 0.29) is 17.2 Å². The highest BCUT2D eigenvalue weighted by molar-refractivity contribution is 7.99. The first-order valence-corrected chi connectivity index (χ1v) is 11.5. The van der Waals surface area contributed by atoms with Crippen LogP contribution in [0.3, 0.4) is 0 Å². The molecule has 0 spiro atoms. The maximum absolute atomic E-state index is 12.8. The first-order valence-electron chi connectivity index (χ1n) is 9.70. The number of aromatic nitrogens is 2. The van der Waals surface area contributed by atoms with Crippen molar-refractivity contribution in [2.24, 2.45) is 0 Å². The van der Waals surface area contributed by atoms with E-state index in [4.69, 9.17) is 0 Å². The van der Waals surface area contributed by atoms with E-state index < -0.39 is 0 Å². The minimum Gasteiger partial charge on any atom is -0.355 e. The molecule has 3 rings (SSSR count). The second-order valence-electron chi connectivity index (χ2n) is 6.61. The first kappa shape index (κ1) is 21.3. The number of aryl methyl sites for hydroxylation is 2. The van der Waals surface area contributed by atoms with E-state index in [1.807, 2.05) is 24.3 Å². The lowest BCUT2D eigenvalue weighted by atomic mass is 10.1. The number of nitrogens with one attached hydrogen (secondary N) is 1. The normalized spacial score (nSPS) is 10.9. The Kier molecular flexibility index (Phi) is 7.66. The van der Waals surface area contributed by atoms with Crippen molar-refractivity contribution in [3.63, 3.8) is 0 Å². The quantitative estimate of drug-likeness (QED) is 0.229. The highest BCUT2D eigenvalue weighted by atomic mass is 32.2. The van der Waals surface area contributed by atoms with Crippen molar-refractivity contribution < 1.29 is 4.79 Å². The Labute approximate surface area is 178 Å². The van der Waals surface area contributed by atoms with Crippen molar-refractivity contribution in [2.75, 3.05) is 12.3 Å². The summed E-state index contributed by atoms with van der Waals surface area (Å²) in [6.45, 7) is 6.80. The van der Waals surface area contributed by atoms with Gasteiger partial charge in [-0.1, -0.05) is 55.1 Å². The van der Waals surface area contributed by atoms with Crippen molar-refractivity contribution >= 4 is 39.2 Å². The number of nitrogens with zero attached hydrogens (tertiary/aromatic N) is 2. The van der Waals surface area contributed by atoms with E-state index in [0.717, 1.165) is 29.0 Å². The number of thiophene rings is 1. The van der Waals surface area contributed by atoms with Gasteiger partial charge in [0.1, 0.15) is 4.83 Å². The third-order valence-corrected chi connectivity index (χ3v) is 6.62. The maximum Gasteiger partial charge on any atom is 0.263 e. The van der Waals surface area contributed by atoms with Crippen LogP contribution in [0, 0.1) is 0 Å². The molecule has 0 atom stereocenters. The molecule has 0 aliphatic heterocycles. The molecule has 0 fully saturated rings. The molecule has 5 nitrogen and oxygen atoms in total. The monoisotopic (exact) mass is 427 g/mol. The van der Waals surface area contributed by atoms with Crippen molar-refractivity contribution in [3.8, 4) is 0 Å². The van der Waals surface area contributed by atoms with E-state index in [1.54, 1.807) is 10.6 Å². The summed E-state index contributed by atoms with van der Waals surface area (Å²) in [7, 11) is 0. The summed E-state index contributed by atoms with van der Waals surface area (Å²) in [6, 6.07) is 12.1. The molecule has 2 heterocycles. The summed E-state index contributed by atoms with van der Waals surface area (Å²) in [5, 5.41) is 4.15. The van der Waals surface area contributed by atoms with Crippen LogP contribution in [0.15, 0.2) is 59.0 Å². The average Bonchev–Trinajstić information content (AvgIpc) is 3.16. The first-order chi connectivity index (χ1) is 14.1. The minimum atomic E-state index is -0.0726. The van der Waals surface area contributed by atoms with Crippen LogP contribution in [0.5, 0.6) is 0 Å². The smallest absolute Gasteiger partial charge is 0.263 e. The lowest BCUT2D eigenvalue weighted by Gasteiger charge is -2.10. The Morgan fingerprint density at radius 1 is 1.34 bits per heavy atom. The fourth-order valence-corrected chi connectivity index (χ4v) is 4.81. The van der Waals surface area contributed by atoms with Crippen LogP contribution in [0.25, 0.3) is 10.2 Å². The Bertz CT molecular complexity index is 1040. The van der Waals surface area contributed by atoms with Gasteiger partial charge in [0.2, 0.25) is 5.91 Å². The topological polar surface area (TPSA) is 64.0 Å². The number of hydrogen-bond acceptors (Lipinski definition) is 5. The summed E-state index contributed by atoms with van der Waals surface area (Å²) in [5.74, 6) is 0.176. The molecule has 1 aromatic carbocycles. The van der Waals surface area contributed by atoms with Gasteiger partial charge in [-0.15, -0.1) is 17.9 Å². The average molecular weight is 428 g/mol. The van der Waals surface area contributed by atoms with Gasteiger partial charge < -0.3 is 5.32 Å². The standard InChI is InChI=1S/C22H25N3O2S2/c1-3-13-25-21(27)18-14-17(4-2)29-20(18)24-22(25)28-15-19(26)23-12-8-11-16-9-6-5-7-10-16/h3,5-7,9-10,14H,1,4,8,11-13,15H2,2H3,(H,23,26). The number of carbonyl (C=O) groups excluding carboxylic acids is 1. The van der Waals surface area contributed by atoms with Crippen LogP contribution in [-0.4, -0.2) is 27.8 Å². The van der Waals surface area contributed by atoms with Crippen LogP contribution in [-0.2, 0) is 24.2 Å². The molecule has 0 saturated heterocycles. The molecular formula is C22H25N3O2S2. The minimum absolute atomic E-state index is 0.0528. The summed E-state index contributed by atoms with van der Waals surface area (Å²) < 4.78 is 1.59. The molecule has 0 aliphatic rings. The van der Waals surface area contributed by atoms with Crippen LogP contribution in [0.2, 0.25) is 0 Å². The van der Waals surface area contributed by atoms with Gasteiger partial charge in [0.15, 0.2) is 5.16 Å². The summed E-state index contributed by atoms with van der Waals surface area (Å²) >= 11 is 2.83. The molecular weight excluding hydrogens is 402 g/mol. The zero-order valence-corrected chi connectivity index (χ0v) is 18.2. The lowest BCUT2D eigenvalue weighted by Crippen LogP contribution is -2.27. The van der Waals surface area contributed by atoms with Crippen LogP contribution in [0.1, 0.15) is 23.8 Å². The summed E-state index contributed by atoms with van der Waals surface area (Å²) in [4.78, 5) is 31.6. The van der Waals surface area contributed by atoms with Gasteiger partial charge in [0.25, 0.3) is 5.56 Å². The van der Waals surface area contributed by atoms with Crippen molar-refractivity contribution in [2.45, 2.75) is 37.9 Å². The van der Waals surface area contributed by atoms with E-state index in [0.29, 0.717) is 23.6 Å².